The Morgan fingerprint density at radius 2 is 1.79 bits per heavy atom. The number of carbonyl (C=O) groups is 1. The molecule has 0 bridgehead atoms. The Labute approximate surface area is 174 Å². The van der Waals surface area contributed by atoms with Gasteiger partial charge < -0.3 is 15.0 Å². The average Bonchev–Trinajstić information content (AvgIpc) is 2.71. The topological polar surface area (TPSA) is 48.1 Å². The van der Waals surface area contributed by atoms with Gasteiger partial charge in [0.25, 0.3) is 5.91 Å². The van der Waals surface area contributed by atoms with E-state index in [1.807, 2.05) is 6.92 Å². The van der Waals surface area contributed by atoms with Crippen LogP contribution in [-0.4, -0.2) is 99.3 Å². The molecule has 2 heterocycles. The molecular formula is C22H35FN4O2. The first-order valence-corrected chi connectivity index (χ1v) is 10.6. The van der Waals surface area contributed by atoms with Gasteiger partial charge in [-0.2, -0.15) is 0 Å². The Bertz CT molecular complexity index is 683. The van der Waals surface area contributed by atoms with Gasteiger partial charge in [0, 0.05) is 65.0 Å². The molecule has 0 unspecified atom stereocenters. The van der Waals surface area contributed by atoms with Gasteiger partial charge in [-0.15, -0.1) is 0 Å². The summed E-state index contributed by atoms with van der Waals surface area (Å²) in [7, 11) is 3.86. The van der Waals surface area contributed by atoms with Gasteiger partial charge in [-0.25, -0.2) is 4.39 Å². The number of hydrogen-bond donors (Lipinski definition) is 1. The van der Waals surface area contributed by atoms with Crippen molar-refractivity contribution in [2.24, 2.45) is 0 Å². The lowest BCUT2D eigenvalue weighted by Gasteiger charge is -2.46. The van der Waals surface area contributed by atoms with Crippen LogP contribution >= 0.6 is 0 Å². The number of piperazine rings is 1. The van der Waals surface area contributed by atoms with E-state index in [0.29, 0.717) is 5.56 Å². The van der Waals surface area contributed by atoms with Crippen LogP contribution < -0.4 is 5.32 Å². The van der Waals surface area contributed by atoms with Crippen LogP contribution in [0.25, 0.3) is 0 Å². The molecule has 1 amide bonds. The molecule has 29 heavy (non-hydrogen) atoms. The molecule has 7 heteroatoms. The molecule has 0 aliphatic carbocycles. The lowest BCUT2D eigenvalue weighted by Crippen LogP contribution is -2.62. The van der Waals surface area contributed by atoms with Crippen LogP contribution in [0.4, 0.5) is 4.39 Å². The van der Waals surface area contributed by atoms with E-state index in [2.05, 4.69) is 27.1 Å². The summed E-state index contributed by atoms with van der Waals surface area (Å²) >= 11 is 0. The summed E-state index contributed by atoms with van der Waals surface area (Å²) in [5.74, 6) is -0.532. The largest absolute Gasteiger partial charge is 0.383 e. The number of carbonyl (C=O) groups excluding carboxylic acids is 1. The lowest BCUT2D eigenvalue weighted by molar-refractivity contribution is 0.0534. The van der Waals surface area contributed by atoms with Crippen molar-refractivity contribution in [3.8, 4) is 0 Å². The number of rotatable bonds is 7. The maximum Gasteiger partial charge on any atom is 0.252 e. The minimum atomic E-state index is -0.370. The van der Waals surface area contributed by atoms with Gasteiger partial charge in [-0.3, -0.25) is 14.6 Å². The van der Waals surface area contributed by atoms with E-state index in [0.717, 1.165) is 77.4 Å². The summed E-state index contributed by atoms with van der Waals surface area (Å²) in [6.07, 6.45) is 1.82. The summed E-state index contributed by atoms with van der Waals surface area (Å²) in [6.45, 7) is 10.4. The molecule has 0 spiro atoms. The first kappa shape index (κ1) is 22.2. The van der Waals surface area contributed by atoms with E-state index >= 15 is 0 Å². The van der Waals surface area contributed by atoms with Crippen molar-refractivity contribution in [2.45, 2.75) is 25.3 Å². The summed E-state index contributed by atoms with van der Waals surface area (Å²) in [5.41, 5.74) is 0.975. The number of aryl methyl sites for hydroxylation is 1. The van der Waals surface area contributed by atoms with Crippen LogP contribution in [-0.2, 0) is 4.74 Å². The summed E-state index contributed by atoms with van der Waals surface area (Å²) in [5, 5.41) is 3.32. The molecule has 2 saturated heterocycles. The Morgan fingerprint density at radius 3 is 2.45 bits per heavy atom. The second kappa shape index (κ2) is 9.98. The number of likely N-dealkylation sites (tertiary alicyclic amines) is 1. The molecular weight excluding hydrogens is 371 g/mol. The van der Waals surface area contributed by atoms with Crippen molar-refractivity contribution in [3.05, 3.63) is 35.1 Å². The maximum atomic E-state index is 13.7. The van der Waals surface area contributed by atoms with Gasteiger partial charge in [0.1, 0.15) is 5.82 Å². The Hall–Kier alpha value is -1.54. The van der Waals surface area contributed by atoms with Crippen LogP contribution in [0, 0.1) is 12.7 Å². The normalized spacial score (nSPS) is 21.2. The fraction of sp³-hybridized carbons (Fsp3) is 0.682. The number of methoxy groups -OCH3 is 1. The SMILES string of the molecule is COCCN1CCN(CC2(NC(=O)c3cc(F)ccc3C)CCN(C)CC2)CC1. The molecule has 0 aromatic heterocycles. The fourth-order valence-electron chi connectivity index (χ4n) is 4.34. The highest BCUT2D eigenvalue weighted by Crippen LogP contribution is 2.25. The molecule has 2 aliphatic rings. The number of hydrogen-bond acceptors (Lipinski definition) is 5. The smallest absolute Gasteiger partial charge is 0.252 e. The van der Waals surface area contributed by atoms with E-state index in [9.17, 15) is 9.18 Å². The van der Waals surface area contributed by atoms with E-state index < -0.39 is 0 Å². The van der Waals surface area contributed by atoms with Crippen molar-refractivity contribution in [2.75, 3.05) is 73.1 Å². The quantitative estimate of drug-likeness (QED) is 0.745. The third-order valence-corrected chi connectivity index (χ3v) is 6.37. The highest BCUT2D eigenvalue weighted by atomic mass is 19.1. The molecule has 1 aromatic rings. The molecule has 2 aliphatic heterocycles. The molecule has 3 rings (SSSR count). The Kier molecular flexibility index (Phi) is 7.62. The van der Waals surface area contributed by atoms with Crippen LogP contribution in [0.1, 0.15) is 28.8 Å². The summed E-state index contributed by atoms with van der Waals surface area (Å²) in [4.78, 5) is 20.3. The zero-order chi connectivity index (χ0) is 20.9. The van der Waals surface area contributed by atoms with Crippen LogP contribution in [0.5, 0.6) is 0 Å². The molecule has 2 fully saturated rings. The fourth-order valence-corrected chi connectivity index (χ4v) is 4.34. The third-order valence-electron chi connectivity index (χ3n) is 6.37. The zero-order valence-electron chi connectivity index (χ0n) is 18.0. The molecule has 0 atom stereocenters. The van der Waals surface area contributed by atoms with E-state index in [4.69, 9.17) is 4.74 Å². The monoisotopic (exact) mass is 406 g/mol. The average molecular weight is 407 g/mol. The summed E-state index contributed by atoms with van der Waals surface area (Å²) in [6, 6.07) is 4.42. The minimum absolute atomic E-state index is 0.162. The number of ether oxygens (including phenoxy) is 1. The second-order valence-electron chi connectivity index (χ2n) is 8.61. The van der Waals surface area contributed by atoms with Gasteiger partial charge in [-0.1, -0.05) is 6.07 Å². The summed E-state index contributed by atoms with van der Waals surface area (Å²) < 4.78 is 18.9. The van der Waals surface area contributed by atoms with Gasteiger partial charge in [0.05, 0.1) is 12.1 Å². The number of amides is 1. The molecule has 0 saturated carbocycles. The maximum absolute atomic E-state index is 13.7. The first-order chi connectivity index (χ1) is 13.9. The molecule has 0 radical (unpaired) electrons. The molecule has 1 N–H and O–H groups in total. The highest BCUT2D eigenvalue weighted by molar-refractivity contribution is 5.96. The lowest BCUT2D eigenvalue weighted by atomic mass is 9.86. The Morgan fingerprint density at radius 1 is 1.14 bits per heavy atom. The number of benzene rings is 1. The number of nitrogens with zero attached hydrogens (tertiary/aromatic N) is 3. The van der Waals surface area contributed by atoms with Crippen molar-refractivity contribution < 1.29 is 13.9 Å². The first-order valence-electron chi connectivity index (χ1n) is 10.6. The van der Waals surface area contributed by atoms with E-state index in [1.54, 1.807) is 13.2 Å². The third kappa shape index (κ3) is 5.98. The van der Waals surface area contributed by atoms with Gasteiger partial charge in [0.2, 0.25) is 0 Å². The standard InChI is InChI=1S/C22H35FN4O2/c1-18-4-5-19(23)16-20(18)21(28)24-22(6-8-25(2)9-7-22)17-27-12-10-26(11-13-27)14-15-29-3/h4-5,16H,6-15,17H2,1-3H3,(H,24,28). The van der Waals surface area contributed by atoms with E-state index in [1.165, 1.54) is 12.1 Å². The van der Waals surface area contributed by atoms with Crippen molar-refractivity contribution >= 4 is 5.91 Å². The van der Waals surface area contributed by atoms with Crippen molar-refractivity contribution in [1.82, 2.24) is 20.0 Å². The van der Waals surface area contributed by atoms with Crippen molar-refractivity contribution in [1.29, 1.82) is 0 Å². The van der Waals surface area contributed by atoms with Crippen LogP contribution in [0.15, 0.2) is 18.2 Å². The Balaban J connectivity index is 1.66. The van der Waals surface area contributed by atoms with Crippen LogP contribution in [0.3, 0.4) is 0 Å². The number of halogens is 1. The highest BCUT2D eigenvalue weighted by Gasteiger charge is 2.37. The minimum Gasteiger partial charge on any atom is -0.383 e. The van der Waals surface area contributed by atoms with Gasteiger partial charge >= 0.3 is 0 Å². The predicted molar refractivity (Wildman–Crippen MR) is 113 cm³/mol. The number of nitrogens with one attached hydrogen (secondary N) is 1. The number of piperidine rings is 1. The van der Waals surface area contributed by atoms with Crippen LogP contribution in [0.2, 0.25) is 0 Å². The molecule has 6 nitrogen and oxygen atoms in total. The van der Waals surface area contributed by atoms with Gasteiger partial charge in [-0.05, 0) is 44.5 Å². The zero-order valence-corrected chi connectivity index (χ0v) is 18.0. The molecule has 162 valence electrons. The van der Waals surface area contributed by atoms with Gasteiger partial charge in [0.15, 0.2) is 0 Å². The van der Waals surface area contributed by atoms with E-state index in [-0.39, 0.29) is 17.3 Å². The predicted octanol–water partition coefficient (Wildman–Crippen LogP) is 1.59. The van der Waals surface area contributed by atoms with Crippen molar-refractivity contribution in [3.63, 3.8) is 0 Å². The molecule has 1 aromatic carbocycles. The second-order valence-corrected chi connectivity index (χ2v) is 8.61.